The van der Waals surface area contributed by atoms with Crippen molar-refractivity contribution in [2.45, 2.75) is 51.4 Å². The van der Waals surface area contributed by atoms with E-state index in [2.05, 4.69) is 23.2 Å². The van der Waals surface area contributed by atoms with Crippen molar-refractivity contribution in [3.8, 4) is 11.3 Å². The first-order valence-electron chi connectivity index (χ1n) is 10.2. The molecule has 0 spiro atoms. The van der Waals surface area contributed by atoms with E-state index in [-0.39, 0.29) is 31.6 Å². The van der Waals surface area contributed by atoms with Gasteiger partial charge in [0.1, 0.15) is 0 Å². The maximum absolute atomic E-state index is 10.0. The van der Waals surface area contributed by atoms with Gasteiger partial charge in [0, 0.05) is 38.1 Å². The van der Waals surface area contributed by atoms with Gasteiger partial charge >= 0.3 is 0 Å². The van der Waals surface area contributed by atoms with E-state index < -0.39 is 0 Å². The molecule has 1 saturated carbocycles. The molecule has 2 bridgehead atoms. The first kappa shape index (κ1) is 22.3. The molecule has 0 amide bonds. The van der Waals surface area contributed by atoms with Crippen LogP contribution in [0.15, 0.2) is 54.4 Å². The van der Waals surface area contributed by atoms with Gasteiger partial charge in [0.2, 0.25) is 0 Å². The quantitative estimate of drug-likeness (QED) is 0.235. The SMILES string of the molecule is CC(=O)C=C(C)O.[Ir].[c-]1ccccc1-c1cnc2cc3c(cc2n1)C1CCC3CC1. The Labute approximate surface area is 190 Å². The second-order valence-corrected chi connectivity index (χ2v) is 7.95. The molecule has 30 heavy (non-hydrogen) atoms. The van der Waals surface area contributed by atoms with Crippen molar-refractivity contribution >= 4 is 16.8 Å². The smallest absolute Gasteiger partial charge is 0.155 e. The Kier molecular flexibility index (Phi) is 7.17. The van der Waals surface area contributed by atoms with Gasteiger partial charge in [-0.3, -0.25) is 14.8 Å². The Morgan fingerprint density at radius 1 is 1.07 bits per heavy atom. The van der Waals surface area contributed by atoms with Crippen molar-refractivity contribution in [1.29, 1.82) is 0 Å². The Morgan fingerprint density at radius 2 is 1.70 bits per heavy atom. The molecule has 1 heterocycles. The number of allylic oxidation sites excluding steroid dienone is 2. The fourth-order valence-electron chi connectivity index (χ4n) is 4.49. The monoisotopic (exact) mass is 578 g/mol. The molecule has 3 aliphatic carbocycles. The summed E-state index contributed by atoms with van der Waals surface area (Å²) in [5.41, 5.74) is 7.07. The Morgan fingerprint density at radius 3 is 2.20 bits per heavy atom. The van der Waals surface area contributed by atoms with E-state index in [1.165, 1.54) is 45.6 Å². The number of aliphatic hydroxyl groups excluding tert-OH is 1. The van der Waals surface area contributed by atoms with E-state index in [1.54, 1.807) is 11.1 Å². The minimum atomic E-state index is -0.125. The van der Waals surface area contributed by atoms with Gasteiger partial charge in [0.05, 0.1) is 16.8 Å². The van der Waals surface area contributed by atoms with E-state index >= 15 is 0 Å². The van der Waals surface area contributed by atoms with Crippen molar-refractivity contribution < 1.29 is 30.0 Å². The molecule has 0 aliphatic heterocycles. The predicted molar refractivity (Wildman–Crippen MR) is 115 cm³/mol. The van der Waals surface area contributed by atoms with Crippen molar-refractivity contribution in [2.75, 3.05) is 0 Å². The van der Waals surface area contributed by atoms with Gasteiger partial charge in [0.25, 0.3) is 0 Å². The average Bonchev–Trinajstić information content (AvgIpc) is 2.73. The number of carbonyl (C=O) groups excluding carboxylic acids is 1. The summed E-state index contributed by atoms with van der Waals surface area (Å²) in [4.78, 5) is 19.5. The topological polar surface area (TPSA) is 63.1 Å². The van der Waals surface area contributed by atoms with Crippen LogP contribution >= 0.6 is 0 Å². The summed E-state index contributed by atoms with van der Waals surface area (Å²) < 4.78 is 0. The Bertz CT molecular complexity index is 1070. The van der Waals surface area contributed by atoms with E-state index in [0.29, 0.717) is 0 Å². The van der Waals surface area contributed by atoms with Crippen LogP contribution in [0.2, 0.25) is 0 Å². The minimum Gasteiger partial charge on any atom is -0.512 e. The molecule has 6 rings (SSSR count). The number of hydrogen-bond donors (Lipinski definition) is 1. The van der Waals surface area contributed by atoms with Gasteiger partial charge in [-0.25, -0.2) is 0 Å². The molecule has 1 radical (unpaired) electrons. The zero-order valence-electron chi connectivity index (χ0n) is 17.2. The summed E-state index contributed by atoms with van der Waals surface area (Å²) in [5.74, 6) is 1.44. The van der Waals surface area contributed by atoms with Crippen LogP contribution in [-0.4, -0.2) is 20.9 Å². The normalized spacial score (nSPS) is 19.3. The van der Waals surface area contributed by atoms with Crippen LogP contribution in [0.1, 0.15) is 62.5 Å². The number of aliphatic hydroxyl groups is 1. The van der Waals surface area contributed by atoms with Crippen LogP contribution in [0.25, 0.3) is 22.3 Å². The van der Waals surface area contributed by atoms with Gasteiger partial charge in [0.15, 0.2) is 5.78 Å². The Hall–Kier alpha value is -2.36. The molecule has 2 aromatic carbocycles. The number of carbonyl (C=O) groups is 1. The maximum atomic E-state index is 10.0. The molecule has 4 nitrogen and oxygen atoms in total. The average molecular weight is 578 g/mol. The fourth-order valence-corrected chi connectivity index (χ4v) is 4.49. The molecule has 3 aromatic rings. The van der Waals surface area contributed by atoms with Gasteiger partial charge in [-0.15, -0.1) is 35.9 Å². The first-order valence-corrected chi connectivity index (χ1v) is 10.2. The van der Waals surface area contributed by atoms with Gasteiger partial charge in [-0.05, 0) is 74.6 Å². The largest absolute Gasteiger partial charge is 0.512 e. The van der Waals surface area contributed by atoms with E-state index in [4.69, 9.17) is 10.1 Å². The molecule has 0 unspecified atom stereocenters. The minimum absolute atomic E-state index is 0. The van der Waals surface area contributed by atoms with Gasteiger partial charge in [-0.1, -0.05) is 0 Å². The molecule has 5 heteroatoms. The van der Waals surface area contributed by atoms with Crippen LogP contribution in [-0.2, 0) is 24.9 Å². The third-order valence-corrected chi connectivity index (χ3v) is 5.75. The van der Waals surface area contributed by atoms with Crippen LogP contribution < -0.4 is 0 Å². The summed E-state index contributed by atoms with van der Waals surface area (Å²) in [5, 5.41) is 8.36. The molecule has 0 saturated heterocycles. The summed E-state index contributed by atoms with van der Waals surface area (Å²) in [6.07, 6.45) is 8.45. The van der Waals surface area contributed by atoms with Crippen molar-refractivity contribution in [1.82, 2.24) is 9.97 Å². The Balaban J connectivity index is 0.000000281. The molecule has 157 valence electrons. The van der Waals surface area contributed by atoms with Gasteiger partial charge in [-0.2, -0.15) is 0 Å². The molecule has 1 aromatic heterocycles. The van der Waals surface area contributed by atoms with Crippen LogP contribution in [0, 0.1) is 6.07 Å². The third kappa shape index (κ3) is 4.85. The predicted octanol–water partition coefficient (Wildman–Crippen LogP) is 5.89. The summed E-state index contributed by atoms with van der Waals surface area (Å²) in [7, 11) is 0. The standard InChI is InChI=1S/C20H17N2.C5H8O2.Ir/c1-2-4-15(5-3-1)20-12-21-18-10-16-13-6-8-14(9-7-13)17(16)11-19(18)22-20;1-4(6)3-5(2)7;/h1-4,10-14H,6-9H2;3,6H,1-2H3;/q-1;;. The molecule has 3 aliphatic rings. The number of benzene rings is 2. The second kappa shape index (κ2) is 9.63. The second-order valence-electron chi connectivity index (χ2n) is 7.95. The van der Waals surface area contributed by atoms with Gasteiger partial charge < -0.3 is 5.11 Å². The van der Waals surface area contributed by atoms with Crippen molar-refractivity contribution in [3.05, 3.63) is 71.6 Å². The summed E-state index contributed by atoms with van der Waals surface area (Å²) in [6.45, 7) is 2.85. The maximum Gasteiger partial charge on any atom is 0.155 e. The van der Waals surface area contributed by atoms with Crippen LogP contribution in [0.4, 0.5) is 0 Å². The fraction of sp³-hybridized carbons (Fsp3) is 0.320. The number of aromatic nitrogens is 2. The van der Waals surface area contributed by atoms with E-state index in [9.17, 15) is 4.79 Å². The van der Waals surface area contributed by atoms with E-state index in [1.807, 2.05) is 30.5 Å². The molecule has 1 N–H and O–H groups in total. The number of rotatable bonds is 2. The van der Waals surface area contributed by atoms with Crippen LogP contribution in [0.3, 0.4) is 0 Å². The zero-order valence-corrected chi connectivity index (χ0v) is 19.6. The number of fused-ring (bicyclic) bond motifs is 3. The number of hydrogen-bond acceptors (Lipinski definition) is 4. The molecule has 1 fully saturated rings. The third-order valence-electron chi connectivity index (χ3n) is 5.75. The molecular formula is C25H25IrN2O2-. The van der Waals surface area contributed by atoms with Crippen molar-refractivity contribution in [2.24, 2.45) is 0 Å². The molecule has 0 atom stereocenters. The summed E-state index contributed by atoms with van der Waals surface area (Å²) in [6, 6.07) is 15.8. The van der Waals surface area contributed by atoms with Crippen molar-refractivity contribution in [3.63, 3.8) is 0 Å². The number of nitrogens with zero attached hydrogens (tertiary/aromatic N) is 2. The molecular weight excluding hydrogens is 553 g/mol. The first-order chi connectivity index (χ1) is 14.0. The van der Waals surface area contributed by atoms with E-state index in [0.717, 1.165) is 34.1 Å². The number of ketones is 1. The summed E-state index contributed by atoms with van der Waals surface area (Å²) >= 11 is 0. The van der Waals surface area contributed by atoms with Crippen LogP contribution in [0.5, 0.6) is 0 Å². The zero-order chi connectivity index (χ0) is 20.4.